The maximum atomic E-state index is 12.9. The molecule has 3 nitrogen and oxygen atoms in total. The molecule has 2 unspecified atom stereocenters. The summed E-state index contributed by atoms with van der Waals surface area (Å²) in [5, 5.41) is 10.6. The fourth-order valence-electron chi connectivity index (χ4n) is 10.9. The second kappa shape index (κ2) is 7.09. The van der Waals surface area contributed by atoms with Crippen molar-refractivity contribution >= 4 is 5.78 Å². The Morgan fingerprint density at radius 1 is 0.788 bits per heavy atom. The number of Topliss-reactive ketones (excluding diaryl/α,β-unsaturated/α-hetero) is 1. The fraction of sp³-hybridized carbons (Fsp3) is 0.967. The third-order valence-electron chi connectivity index (χ3n) is 13.0. The number of ketones is 1. The van der Waals surface area contributed by atoms with Crippen LogP contribution in [-0.2, 0) is 9.53 Å². The van der Waals surface area contributed by atoms with E-state index in [1.165, 1.54) is 38.5 Å². The zero-order chi connectivity index (χ0) is 24.2. The molecule has 1 saturated heterocycles. The van der Waals surface area contributed by atoms with Gasteiger partial charge in [-0.15, -0.1) is 0 Å². The van der Waals surface area contributed by atoms with Gasteiger partial charge in [-0.1, -0.05) is 34.6 Å². The van der Waals surface area contributed by atoms with E-state index in [1.807, 2.05) is 13.8 Å². The quantitative estimate of drug-likeness (QED) is 0.487. The molecule has 1 aliphatic heterocycles. The molecule has 33 heavy (non-hydrogen) atoms. The molecule has 5 rings (SSSR count). The van der Waals surface area contributed by atoms with Crippen LogP contribution in [0, 0.1) is 45.3 Å². The van der Waals surface area contributed by atoms with Crippen LogP contribution in [0.4, 0.5) is 0 Å². The average molecular weight is 459 g/mol. The molecule has 0 bridgehead atoms. The van der Waals surface area contributed by atoms with E-state index < -0.39 is 5.60 Å². The van der Waals surface area contributed by atoms with E-state index >= 15 is 0 Å². The first-order valence-electron chi connectivity index (χ1n) is 14.0. The van der Waals surface area contributed by atoms with E-state index in [4.69, 9.17) is 4.74 Å². The highest BCUT2D eigenvalue weighted by Gasteiger charge is 2.70. The van der Waals surface area contributed by atoms with Crippen LogP contribution in [-0.4, -0.2) is 28.2 Å². The minimum Gasteiger partial charge on any atom is -0.388 e. The predicted molar refractivity (Wildman–Crippen MR) is 133 cm³/mol. The van der Waals surface area contributed by atoms with Gasteiger partial charge in [0.2, 0.25) is 0 Å². The Balaban J connectivity index is 1.45. The lowest BCUT2D eigenvalue weighted by molar-refractivity contribution is -0.210. The van der Waals surface area contributed by atoms with Crippen molar-refractivity contribution in [2.24, 2.45) is 45.3 Å². The topological polar surface area (TPSA) is 46.5 Å². The van der Waals surface area contributed by atoms with E-state index in [0.717, 1.165) is 31.6 Å². The number of rotatable bonds is 2. The van der Waals surface area contributed by atoms with E-state index in [9.17, 15) is 9.90 Å². The third-order valence-corrected chi connectivity index (χ3v) is 13.0. The largest absolute Gasteiger partial charge is 0.388 e. The molecular weight excluding hydrogens is 408 g/mol. The Hall–Kier alpha value is -0.410. The Bertz CT molecular complexity index is 825. The molecule has 1 N–H and O–H groups in total. The molecule has 4 aliphatic carbocycles. The molecule has 1 heterocycles. The highest BCUT2D eigenvalue weighted by molar-refractivity contribution is 5.85. The highest BCUT2D eigenvalue weighted by Crippen LogP contribution is 2.75. The van der Waals surface area contributed by atoms with Gasteiger partial charge in [0.1, 0.15) is 5.78 Å². The number of ether oxygens (including phenoxy) is 1. The number of hydrogen-bond donors (Lipinski definition) is 1. The normalized spacial score (nSPS) is 54.0. The molecule has 5 fully saturated rings. The maximum Gasteiger partial charge on any atom is 0.138 e. The Morgan fingerprint density at radius 2 is 1.45 bits per heavy atom. The summed E-state index contributed by atoms with van der Waals surface area (Å²) in [4.78, 5) is 12.9. The van der Waals surface area contributed by atoms with Crippen molar-refractivity contribution in [1.82, 2.24) is 0 Å². The lowest BCUT2D eigenvalue weighted by Gasteiger charge is -2.69. The highest BCUT2D eigenvalue weighted by atomic mass is 16.5. The van der Waals surface area contributed by atoms with Crippen molar-refractivity contribution in [3.63, 3.8) is 0 Å². The van der Waals surface area contributed by atoms with Crippen LogP contribution >= 0.6 is 0 Å². The Morgan fingerprint density at radius 3 is 2.09 bits per heavy atom. The Kier molecular flexibility index (Phi) is 5.22. The standard InChI is InChI=1S/C30H50O3/c1-25(2)21-12-17-29(7)22(27(21,5)15-13-23(25)31)10-9-19-20(11-16-28(19,29)6)30(8)18-14-24(33-30)26(3,4)32/h19-22,24,32H,9-18H2,1-8H3/t19?,20-,21?,22+,24-,27-,28-,29+,30-/m0/s1. The average Bonchev–Trinajstić information content (AvgIpc) is 3.27. The van der Waals surface area contributed by atoms with Gasteiger partial charge < -0.3 is 9.84 Å². The van der Waals surface area contributed by atoms with Crippen molar-refractivity contribution in [2.45, 2.75) is 137 Å². The first-order valence-corrected chi connectivity index (χ1v) is 14.0. The lowest BCUT2D eigenvalue weighted by Crippen LogP contribution is -2.63. The SMILES string of the molecule is CC1(C)C(=O)CC[C@@]2(C)C1CC[C@]1(C)[C@@H]2CCC2[C@@H]([C@]3(C)CC[C@@H](C(C)(C)O)O3)CC[C@@]21C. The summed E-state index contributed by atoms with van der Waals surface area (Å²) >= 11 is 0. The van der Waals surface area contributed by atoms with Gasteiger partial charge in [0.05, 0.1) is 17.3 Å². The van der Waals surface area contributed by atoms with Crippen molar-refractivity contribution in [3.05, 3.63) is 0 Å². The molecule has 3 heteroatoms. The molecule has 0 aromatic carbocycles. The maximum absolute atomic E-state index is 12.9. The fourth-order valence-corrected chi connectivity index (χ4v) is 10.9. The third kappa shape index (κ3) is 3.09. The van der Waals surface area contributed by atoms with Gasteiger partial charge in [-0.25, -0.2) is 0 Å². The second-order valence-corrected chi connectivity index (χ2v) is 15.1. The number of carbonyl (C=O) groups excluding carboxylic acids is 1. The van der Waals surface area contributed by atoms with Crippen molar-refractivity contribution in [3.8, 4) is 0 Å². The first-order chi connectivity index (χ1) is 15.1. The number of fused-ring (bicyclic) bond motifs is 5. The van der Waals surface area contributed by atoms with Gasteiger partial charge in [-0.2, -0.15) is 0 Å². The first kappa shape index (κ1) is 24.3. The van der Waals surface area contributed by atoms with Crippen LogP contribution in [0.3, 0.4) is 0 Å². The van der Waals surface area contributed by atoms with Gasteiger partial charge in [0, 0.05) is 11.8 Å². The smallest absolute Gasteiger partial charge is 0.138 e. The van der Waals surface area contributed by atoms with Gasteiger partial charge in [0.15, 0.2) is 0 Å². The van der Waals surface area contributed by atoms with Crippen LogP contribution in [0.5, 0.6) is 0 Å². The molecule has 0 aromatic rings. The second-order valence-electron chi connectivity index (χ2n) is 15.1. The van der Waals surface area contributed by atoms with E-state index in [-0.39, 0.29) is 22.5 Å². The molecule has 0 spiro atoms. The van der Waals surface area contributed by atoms with Crippen molar-refractivity contribution in [2.75, 3.05) is 0 Å². The van der Waals surface area contributed by atoms with Crippen LogP contribution in [0.2, 0.25) is 0 Å². The summed E-state index contributed by atoms with van der Waals surface area (Å²) in [6.07, 6.45) is 11.6. The van der Waals surface area contributed by atoms with Crippen LogP contribution in [0.15, 0.2) is 0 Å². The summed E-state index contributed by atoms with van der Waals surface area (Å²) in [5.41, 5.74) is -0.0493. The van der Waals surface area contributed by atoms with Crippen LogP contribution < -0.4 is 0 Å². The molecule has 4 saturated carbocycles. The minimum atomic E-state index is -0.762. The summed E-state index contributed by atoms with van der Waals surface area (Å²) in [6, 6.07) is 0. The van der Waals surface area contributed by atoms with Crippen LogP contribution in [0.1, 0.15) is 120 Å². The van der Waals surface area contributed by atoms with E-state index in [2.05, 4.69) is 41.5 Å². The summed E-state index contributed by atoms with van der Waals surface area (Å²) in [5.74, 6) is 3.06. The van der Waals surface area contributed by atoms with Gasteiger partial charge >= 0.3 is 0 Å². The summed E-state index contributed by atoms with van der Waals surface area (Å²) in [7, 11) is 0. The van der Waals surface area contributed by atoms with Gasteiger partial charge in [-0.3, -0.25) is 4.79 Å². The molecule has 9 atom stereocenters. The molecule has 5 aliphatic rings. The monoisotopic (exact) mass is 458 g/mol. The molecular formula is C30H50O3. The van der Waals surface area contributed by atoms with Crippen LogP contribution in [0.25, 0.3) is 0 Å². The Labute approximate surface area is 202 Å². The van der Waals surface area contributed by atoms with Crippen molar-refractivity contribution < 1.29 is 14.6 Å². The zero-order valence-corrected chi connectivity index (χ0v) is 22.7. The number of aliphatic hydroxyl groups is 1. The predicted octanol–water partition coefficient (Wildman–Crippen LogP) is 6.95. The van der Waals surface area contributed by atoms with E-state index in [1.54, 1.807) is 0 Å². The van der Waals surface area contributed by atoms with Gasteiger partial charge in [-0.05, 0) is 118 Å². The number of carbonyl (C=O) groups is 1. The molecule has 188 valence electrons. The zero-order valence-electron chi connectivity index (χ0n) is 22.7. The minimum absolute atomic E-state index is 0.0439. The summed E-state index contributed by atoms with van der Waals surface area (Å²) < 4.78 is 6.72. The molecule has 0 radical (unpaired) electrons. The molecule has 0 aromatic heterocycles. The molecule has 0 amide bonds. The number of hydrogen-bond acceptors (Lipinski definition) is 3. The van der Waals surface area contributed by atoms with Gasteiger partial charge in [0.25, 0.3) is 0 Å². The van der Waals surface area contributed by atoms with E-state index in [0.29, 0.717) is 34.4 Å². The summed E-state index contributed by atoms with van der Waals surface area (Å²) in [6.45, 7) is 18.5. The lowest BCUT2D eigenvalue weighted by atomic mass is 9.35. The van der Waals surface area contributed by atoms with Crippen molar-refractivity contribution in [1.29, 1.82) is 0 Å².